The molecule has 2 aliphatic heterocycles. The Kier molecular flexibility index (Phi) is 4.41. The molecule has 0 aromatic rings. The molecule has 0 radical (unpaired) electrons. The maximum atomic E-state index is 12.3. The van der Waals surface area contributed by atoms with E-state index in [9.17, 15) is 9.59 Å². The summed E-state index contributed by atoms with van der Waals surface area (Å²) in [6.07, 6.45) is 2.29. The quantitative estimate of drug-likeness (QED) is 0.747. The van der Waals surface area contributed by atoms with E-state index >= 15 is 0 Å². The summed E-state index contributed by atoms with van der Waals surface area (Å²) < 4.78 is 5.32. The Morgan fingerprint density at radius 1 is 1.06 bits per heavy atom. The van der Waals surface area contributed by atoms with Crippen LogP contribution in [0.15, 0.2) is 0 Å². The van der Waals surface area contributed by atoms with Crippen molar-refractivity contribution < 1.29 is 19.4 Å². The number of rotatable bonds is 1. The molecular weight excluding hydrogens is 236 g/mol. The van der Waals surface area contributed by atoms with Gasteiger partial charge >= 0.3 is 12.0 Å². The molecule has 1 N–H and O–H groups in total. The first-order chi connectivity index (χ1) is 8.68. The highest BCUT2D eigenvalue weighted by molar-refractivity contribution is 5.76. The molecule has 2 fully saturated rings. The van der Waals surface area contributed by atoms with E-state index in [-0.39, 0.29) is 6.03 Å². The summed E-state index contributed by atoms with van der Waals surface area (Å²) in [7, 11) is 0. The van der Waals surface area contributed by atoms with Crippen LogP contribution in [0.4, 0.5) is 4.79 Å². The Morgan fingerprint density at radius 3 is 2.61 bits per heavy atom. The van der Waals surface area contributed by atoms with Crippen molar-refractivity contribution in [3.8, 4) is 0 Å². The molecule has 0 spiro atoms. The number of hydrogen-bond acceptors (Lipinski definition) is 3. The summed E-state index contributed by atoms with van der Waals surface area (Å²) in [5.74, 6) is -1.21. The number of carboxylic acids is 1. The van der Waals surface area contributed by atoms with E-state index in [0.29, 0.717) is 45.8 Å². The fourth-order valence-electron chi connectivity index (χ4n) is 2.49. The largest absolute Gasteiger partial charge is 0.481 e. The maximum Gasteiger partial charge on any atom is 0.320 e. The average Bonchev–Trinajstić information content (AvgIpc) is 2.67. The van der Waals surface area contributed by atoms with E-state index in [1.807, 2.05) is 0 Å². The zero-order valence-electron chi connectivity index (χ0n) is 10.5. The molecule has 18 heavy (non-hydrogen) atoms. The molecular formula is C12H20N2O4. The number of hydrogen-bond donors (Lipinski definition) is 1. The number of carbonyl (C=O) groups is 2. The molecule has 2 amide bonds. The average molecular weight is 256 g/mol. The third kappa shape index (κ3) is 3.13. The van der Waals surface area contributed by atoms with E-state index < -0.39 is 11.9 Å². The Bertz CT molecular complexity index is 313. The lowest BCUT2D eigenvalue weighted by Gasteiger charge is -2.34. The molecule has 2 saturated heterocycles. The van der Waals surface area contributed by atoms with Gasteiger partial charge in [0, 0.05) is 32.8 Å². The van der Waals surface area contributed by atoms with E-state index in [1.54, 1.807) is 9.80 Å². The van der Waals surface area contributed by atoms with Gasteiger partial charge in [0.05, 0.1) is 12.5 Å². The number of nitrogens with zero attached hydrogens (tertiary/aromatic N) is 2. The number of carbonyl (C=O) groups excluding carboxylic acids is 1. The molecule has 2 rings (SSSR count). The van der Waals surface area contributed by atoms with Gasteiger partial charge in [0.15, 0.2) is 0 Å². The molecule has 2 aliphatic rings. The van der Waals surface area contributed by atoms with Crippen LogP contribution in [0.3, 0.4) is 0 Å². The molecule has 6 heteroatoms. The van der Waals surface area contributed by atoms with Crippen LogP contribution >= 0.6 is 0 Å². The molecule has 6 nitrogen and oxygen atoms in total. The van der Waals surface area contributed by atoms with Crippen LogP contribution in [0.1, 0.15) is 19.3 Å². The summed E-state index contributed by atoms with van der Waals surface area (Å²) in [6.45, 7) is 3.58. The Morgan fingerprint density at radius 2 is 1.83 bits per heavy atom. The van der Waals surface area contributed by atoms with Crippen LogP contribution in [0.5, 0.6) is 0 Å². The van der Waals surface area contributed by atoms with Crippen molar-refractivity contribution in [2.75, 3.05) is 39.4 Å². The normalized spacial score (nSPS) is 25.7. The lowest BCUT2D eigenvalue weighted by molar-refractivity contribution is -0.143. The zero-order valence-corrected chi connectivity index (χ0v) is 10.5. The minimum Gasteiger partial charge on any atom is -0.481 e. The molecule has 2 heterocycles. The van der Waals surface area contributed by atoms with Crippen molar-refractivity contribution in [3.63, 3.8) is 0 Å². The smallest absolute Gasteiger partial charge is 0.320 e. The predicted molar refractivity (Wildman–Crippen MR) is 64.3 cm³/mol. The Balaban J connectivity index is 1.92. The van der Waals surface area contributed by atoms with E-state index in [2.05, 4.69) is 0 Å². The molecule has 0 saturated carbocycles. The van der Waals surface area contributed by atoms with E-state index in [0.717, 1.165) is 12.8 Å². The second-order valence-electron chi connectivity index (χ2n) is 4.86. The molecule has 1 unspecified atom stereocenters. The third-order valence-corrected chi connectivity index (χ3v) is 3.53. The zero-order chi connectivity index (χ0) is 13.0. The second-order valence-corrected chi connectivity index (χ2v) is 4.86. The molecule has 0 aromatic heterocycles. The lowest BCUT2D eigenvalue weighted by atomic mass is 9.99. The number of aliphatic carboxylic acids is 1. The van der Waals surface area contributed by atoms with Gasteiger partial charge in [0.2, 0.25) is 0 Å². The topological polar surface area (TPSA) is 70.1 Å². The van der Waals surface area contributed by atoms with Crippen molar-refractivity contribution in [2.45, 2.75) is 19.3 Å². The number of carboxylic acid groups (broad SMARTS) is 1. The van der Waals surface area contributed by atoms with Crippen molar-refractivity contribution in [2.24, 2.45) is 5.92 Å². The van der Waals surface area contributed by atoms with Crippen molar-refractivity contribution >= 4 is 12.0 Å². The summed E-state index contributed by atoms with van der Waals surface area (Å²) in [6, 6.07) is -0.0357. The first-order valence-electron chi connectivity index (χ1n) is 6.53. The van der Waals surface area contributed by atoms with Gasteiger partial charge in [-0.2, -0.15) is 0 Å². The van der Waals surface area contributed by atoms with Crippen molar-refractivity contribution in [1.82, 2.24) is 9.80 Å². The minimum absolute atomic E-state index is 0.0357. The molecule has 0 aromatic carbocycles. The van der Waals surface area contributed by atoms with Gasteiger partial charge < -0.3 is 19.6 Å². The minimum atomic E-state index is -0.799. The fourth-order valence-corrected chi connectivity index (χ4v) is 2.49. The molecule has 0 aliphatic carbocycles. The standard InChI is InChI=1S/C12H20N2O4/c15-11(16)10-3-1-4-14(9-10)12(17)13-5-2-7-18-8-6-13/h10H,1-9H2,(H,15,16). The Labute approximate surface area is 106 Å². The van der Waals surface area contributed by atoms with Gasteiger partial charge in [-0.05, 0) is 19.3 Å². The van der Waals surface area contributed by atoms with Crippen LogP contribution in [-0.2, 0) is 9.53 Å². The van der Waals surface area contributed by atoms with Crippen molar-refractivity contribution in [3.05, 3.63) is 0 Å². The number of amides is 2. The third-order valence-electron chi connectivity index (χ3n) is 3.53. The van der Waals surface area contributed by atoms with Crippen LogP contribution in [-0.4, -0.2) is 66.3 Å². The highest BCUT2D eigenvalue weighted by atomic mass is 16.5. The number of likely N-dealkylation sites (tertiary alicyclic amines) is 1. The van der Waals surface area contributed by atoms with Gasteiger partial charge in [-0.1, -0.05) is 0 Å². The summed E-state index contributed by atoms with van der Waals surface area (Å²) in [4.78, 5) is 26.7. The van der Waals surface area contributed by atoms with Gasteiger partial charge in [0.25, 0.3) is 0 Å². The number of ether oxygens (including phenoxy) is 1. The number of urea groups is 1. The molecule has 1 atom stereocenters. The van der Waals surface area contributed by atoms with Crippen LogP contribution < -0.4 is 0 Å². The van der Waals surface area contributed by atoms with Crippen LogP contribution in [0.2, 0.25) is 0 Å². The van der Waals surface area contributed by atoms with Crippen LogP contribution in [0.25, 0.3) is 0 Å². The van der Waals surface area contributed by atoms with Gasteiger partial charge in [-0.25, -0.2) is 4.79 Å². The summed E-state index contributed by atoms with van der Waals surface area (Å²) in [5.41, 5.74) is 0. The van der Waals surface area contributed by atoms with E-state index in [4.69, 9.17) is 9.84 Å². The Hall–Kier alpha value is -1.30. The first-order valence-corrected chi connectivity index (χ1v) is 6.53. The second kappa shape index (κ2) is 6.04. The van der Waals surface area contributed by atoms with Gasteiger partial charge in [-0.3, -0.25) is 4.79 Å². The summed E-state index contributed by atoms with van der Waals surface area (Å²) in [5, 5.41) is 9.02. The predicted octanol–water partition coefficient (Wildman–Crippen LogP) is 0.625. The monoisotopic (exact) mass is 256 g/mol. The maximum absolute atomic E-state index is 12.3. The lowest BCUT2D eigenvalue weighted by Crippen LogP contribution is -2.49. The first kappa shape index (κ1) is 13.1. The van der Waals surface area contributed by atoms with Crippen LogP contribution in [0, 0.1) is 5.92 Å². The number of piperidine rings is 1. The molecule has 102 valence electrons. The highest BCUT2D eigenvalue weighted by Gasteiger charge is 2.30. The van der Waals surface area contributed by atoms with Crippen molar-refractivity contribution in [1.29, 1.82) is 0 Å². The highest BCUT2D eigenvalue weighted by Crippen LogP contribution is 2.18. The molecule has 0 bridgehead atoms. The van der Waals surface area contributed by atoms with E-state index in [1.165, 1.54) is 0 Å². The fraction of sp³-hybridized carbons (Fsp3) is 0.833. The van der Waals surface area contributed by atoms with Gasteiger partial charge in [-0.15, -0.1) is 0 Å². The van der Waals surface area contributed by atoms with Gasteiger partial charge in [0.1, 0.15) is 0 Å². The SMILES string of the molecule is O=C(O)C1CCCN(C(=O)N2CCCOCC2)C1. The summed E-state index contributed by atoms with van der Waals surface area (Å²) >= 11 is 0.